The number of hydrogen-bond donors (Lipinski definition) is 2. The standard InChI is InChI=1S/C27H36F3NO2/c1-25(2,3)19-13-16(14-20(24(19)33)26(4,5)6)11-12-22(32)23-18(27(28,29)30)15-21(31-23)17-9-7-8-10-17/h13-15,17,31,33H,7-12H2,1-6H3. The monoisotopic (exact) mass is 463 g/mol. The molecule has 2 N–H and O–H groups in total. The van der Waals surface area contributed by atoms with E-state index in [9.17, 15) is 23.1 Å². The van der Waals surface area contributed by atoms with Crippen LogP contribution in [0.4, 0.5) is 13.2 Å². The second-order valence-electron chi connectivity index (χ2n) is 11.5. The number of alkyl halides is 3. The highest BCUT2D eigenvalue weighted by atomic mass is 19.4. The molecule has 1 fully saturated rings. The number of rotatable bonds is 5. The normalized spacial score (nSPS) is 15.9. The number of carbonyl (C=O) groups excluding carboxylic acids is 1. The van der Waals surface area contributed by atoms with Gasteiger partial charge in [-0.3, -0.25) is 4.79 Å². The Hall–Kier alpha value is -2.24. The first-order chi connectivity index (χ1) is 15.1. The van der Waals surface area contributed by atoms with Crippen molar-refractivity contribution in [1.82, 2.24) is 4.98 Å². The molecule has 0 aliphatic heterocycles. The lowest BCUT2D eigenvalue weighted by atomic mass is 9.78. The van der Waals surface area contributed by atoms with Gasteiger partial charge in [-0.15, -0.1) is 0 Å². The Bertz CT molecular complexity index is 978. The molecule has 0 radical (unpaired) electrons. The van der Waals surface area contributed by atoms with E-state index in [1.165, 1.54) is 0 Å². The summed E-state index contributed by atoms with van der Waals surface area (Å²) < 4.78 is 41.1. The molecule has 3 rings (SSSR count). The van der Waals surface area contributed by atoms with Crippen LogP contribution in [0.5, 0.6) is 5.75 Å². The molecule has 1 aromatic heterocycles. The third kappa shape index (κ3) is 5.64. The summed E-state index contributed by atoms with van der Waals surface area (Å²) in [5, 5.41) is 10.9. The van der Waals surface area contributed by atoms with E-state index in [-0.39, 0.29) is 34.6 Å². The summed E-state index contributed by atoms with van der Waals surface area (Å²) >= 11 is 0. The van der Waals surface area contributed by atoms with Crippen LogP contribution < -0.4 is 0 Å². The average Bonchev–Trinajstić information content (AvgIpc) is 3.34. The predicted octanol–water partition coefficient (Wildman–Crippen LogP) is 7.81. The van der Waals surface area contributed by atoms with Crippen LogP contribution >= 0.6 is 0 Å². The van der Waals surface area contributed by atoms with Crippen molar-refractivity contribution in [2.75, 3.05) is 0 Å². The Balaban J connectivity index is 1.91. The molecule has 0 atom stereocenters. The largest absolute Gasteiger partial charge is 0.507 e. The number of benzene rings is 1. The van der Waals surface area contributed by atoms with Gasteiger partial charge in [0.25, 0.3) is 0 Å². The number of aromatic nitrogens is 1. The number of hydrogen-bond acceptors (Lipinski definition) is 2. The van der Waals surface area contributed by atoms with Gasteiger partial charge >= 0.3 is 6.18 Å². The number of phenols is 1. The Morgan fingerprint density at radius 1 is 0.939 bits per heavy atom. The summed E-state index contributed by atoms with van der Waals surface area (Å²) in [6, 6.07) is 4.89. The first kappa shape index (κ1) is 25.4. The van der Waals surface area contributed by atoms with E-state index in [0.717, 1.165) is 48.4 Å². The highest BCUT2D eigenvalue weighted by Gasteiger charge is 2.38. The molecule has 0 unspecified atom stereocenters. The van der Waals surface area contributed by atoms with E-state index in [0.29, 0.717) is 12.1 Å². The number of halogens is 3. The molecule has 3 nitrogen and oxygen atoms in total. The number of ketones is 1. The van der Waals surface area contributed by atoms with Crippen LogP contribution in [-0.2, 0) is 23.4 Å². The molecule has 1 heterocycles. The van der Waals surface area contributed by atoms with Crippen LogP contribution in [-0.4, -0.2) is 15.9 Å². The molecule has 1 saturated carbocycles. The maximum atomic E-state index is 13.7. The summed E-state index contributed by atoms with van der Waals surface area (Å²) in [4.78, 5) is 15.8. The fourth-order valence-electron chi connectivity index (χ4n) is 4.74. The predicted molar refractivity (Wildman–Crippen MR) is 125 cm³/mol. The number of carbonyl (C=O) groups is 1. The number of nitrogens with one attached hydrogen (secondary N) is 1. The molecule has 0 saturated heterocycles. The highest BCUT2D eigenvalue weighted by molar-refractivity contribution is 5.96. The van der Waals surface area contributed by atoms with Crippen molar-refractivity contribution >= 4 is 5.78 Å². The van der Waals surface area contributed by atoms with E-state index in [1.807, 2.05) is 53.7 Å². The molecular formula is C27H36F3NO2. The van der Waals surface area contributed by atoms with Gasteiger partial charge in [-0.25, -0.2) is 0 Å². The maximum absolute atomic E-state index is 13.7. The highest BCUT2D eigenvalue weighted by Crippen LogP contribution is 2.41. The van der Waals surface area contributed by atoms with Crippen molar-refractivity contribution in [2.45, 2.75) is 103 Å². The van der Waals surface area contributed by atoms with E-state index in [4.69, 9.17) is 0 Å². The lowest BCUT2D eigenvalue weighted by molar-refractivity contribution is -0.137. The van der Waals surface area contributed by atoms with Gasteiger partial charge < -0.3 is 10.1 Å². The van der Waals surface area contributed by atoms with E-state index >= 15 is 0 Å². The van der Waals surface area contributed by atoms with Gasteiger partial charge in [-0.05, 0) is 58.8 Å². The van der Waals surface area contributed by atoms with Crippen LogP contribution in [0.15, 0.2) is 18.2 Å². The Kier molecular flexibility index (Phi) is 6.80. The van der Waals surface area contributed by atoms with Gasteiger partial charge in [0.05, 0.1) is 11.3 Å². The summed E-state index contributed by atoms with van der Waals surface area (Å²) in [6.07, 6.45) is -0.599. The molecule has 1 aliphatic carbocycles. The number of aryl methyl sites for hydroxylation is 1. The molecule has 1 aliphatic rings. The number of Topliss-reactive ketones (excluding diaryl/α,β-unsaturated/α-hetero) is 1. The van der Waals surface area contributed by atoms with Crippen molar-refractivity contribution < 1.29 is 23.1 Å². The first-order valence-electron chi connectivity index (χ1n) is 11.8. The molecule has 1 aromatic carbocycles. The van der Waals surface area contributed by atoms with Crippen molar-refractivity contribution in [3.05, 3.63) is 51.8 Å². The number of H-pyrrole nitrogens is 1. The Labute approximate surface area is 194 Å². The van der Waals surface area contributed by atoms with Crippen LogP contribution in [0.1, 0.15) is 118 Å². The first-order valence-corrected chi connectivity index (χ1v) is 11.8. The van der Waals surface area contributed by atoms with Gasteiger partial charge in [-0.1, -0.05) is 66.5 Å². The van der Waals surface area contributed by atoms with E-state index < -0.39 is 17.5 Å². The zero-order valence-electron chi connectivity index (χ0n) is 20.5. The van der Waals surface area contributed by atoms with Crippen molar-refractivity contribution in [3.8, 4) is 5.75 Å². The smallest absolute Gasteiger partial charge is 0.418 e. The zero-order valence-corrected chi connectivity index (χ0v) is 20.5. The van der Waals surface area contributed by atoms with Crippen LogP contribution in [0.25, 0.3) is 0 Å². The van der Waals surface area contributed by atoms with Gasteiger partial charge in [-0.2, -0.15) is 13.2 Å². The van der Waals surface area contributed by atoms with Crippen molar-refractivity contribution in [3.63, 3.8) is 0 Å². The molecule has 0 spiro atoms. The molecular weight excluding hydrogens is 427 g/mol. The number of aromatic hydroxyl groups is 1. The summed E-state index contributed by atoms with van der Waals surface area (Å²) in [5.74, 6) is -0.224. The summed E-state index contributed by atoms with van der Waals surface area (Å²) in [7, 11) is 0. The Morgan fingerprint density at radius 3 is 1.91 bits per heavy atom. The zero-order chi connectivity index (χ0) is 24.8. The van der Waals surface area contributed by atoms with E-state index in [1.54, 1.807) is 0 Å². The lowest BCUT2D eigenvalue weighted by Crippen LogP contribution is -2.18. The van der Waals surface area contributed by atoms with Crippen LogP contribution in [0, 0.1) is 0 Å². The Morgan fingerprint density at radius 2 is 1.45 bits per heavy atom. The third-order valence-corrected chi connectivity index (χ3v) is 6.64. The fourth-order valence-corrected chi connectivity index (χ4v) is 4.74. The van der Waals surface area contributed by atoms with Gasteiger partial charge in [0.2, 0.25) is 0 Å². The summed E-state index contributed by atoms with van der Waals surface area (Å²) in [6.45, 7) is 12.0. The second-order valence-corrected chi connectivity index (χ2v) is 11.5. The van der Waals surface area contributed by atoms with Crippen molar-refractivity contribution in [1.29, 1.82) is 0 Å². The molecule has 33 heavy (non-hydrogen) atoms. The molecule has 6 heteroatoms. The maximum Gasteiger partial charge on any atom is 0.418 e. The molecule has 0 amide bonds. The molecule has 0 bridgehead atoms. The lowest BCUT2D eigenvalue weighted by Gasteiger charge is -2.28. The minimum absolute atomic E-state index is 0.0361. The quantitative estimate of drug-likeness (QED) is 0.444. The SMILES string of the molecule is CC(C)(C)c1cc(CCC(=O)c2[nH]c(C3CCCC3)cc2C(F)(F)F)cc(C(C)(C)C)c1O. The van der Waals surface area contributed by atoms with Gasteiger partial charge in [0.1, 0.15) is 5.75 Å². The van der Waals surface area contributed by atoms with E-state index in [2.05, 4.69) is 4.98 Å². The minimum Gasteiger partial charge on any atom is -0.507 e. The minimum atomic E-state index is -4.57. The third-order valence-electron chi connectivity index (χ3n) is 6.64. The summed E-state index contributed by atoms with van der Waals surface area (Å²) in [5.41, 5.74) is 1.10. The van der Waals surface area contributed by atoms with Crippen LogP contribution in [0.2, 0.25) is 0 Å². The molecule has 182 valence electrons. The molecule has 2 aromatic rings. The average molecular weight is 464 g/mol. The number of aromatic amines is 1. The van der Waals surface area contributed by atoms with Gasteiger partial charge in [0, 0.05) is 12.1 Å². The second kappa shape index (κ2) is 8.84. The van der Waals surface area contributed by atoms with Crippen molar-refractivity contribution in [2.24, 2.45) is 0 Å². The number of phenolic OH excluding ortho intramolecular Hbond substituents is 1. The fraction of sp³-hybridized carbons (Fsp3) is 0.593. The van der Waals surface area contributed by atoms with Crippen LogP contribution in [0.3, 0.4) is 0 Å². The van der Waals surface area contributed by atoms with Gasteiger partial charge in [0.15, 0.2) is 5.78 Å². The topological polar surface area (TPSA) is 53.1 Å².